The average Bonchev–Trinajstić information content (AvgIpc) is 3.17. The van der Waals surface area contributed by atoms with Crippen LogP contribution in [0.15, 0.2) is 39.9 Å². The summed E-state index contributed by atoms with van der Waals surface area (Å²) in [6.45, 7) is 5.24. The van der Waals surface area contributed by atoms with E-state index in [0.717, 1.165) is 42.7 Å². The molecule has 162 valence electrons. The molecule has 6 heteroatoms. The molecule has 0 saturated carbocycles. The highest BCUT2D eigenvalue weighted by atomic mass is 16.5. The van der Waals surface area contributed by atoms with Crippen LogP contribution >= 0.6 is 0 Å². The summed E-state index contributed by atoms with van der Waals surface area (Å²) in [7, 11) is 1.74. The molecule has 1 fully saturated rings. The molecule has 31 heavy (non-hydrogen) atoms. The number of hydrogen-bond acceptors (Lipinski definition) is 4. The van der Waals surface area contributed by atoms with Gasteiger partial charge in [0, 0.05) is 25.0 Å². The van der Waals surface area contributed by atoms with Gasteiger partial charge in [-0.25, -0.2) is 4.79 Å². The molecule has 1 saturated heterocycles. The summed E-state index contributed by atoms with van der Waals surface area (Å²) in [6, 6.07) is 10.5. The molecule has 2 N–H and O–H groups in total. The Hall–Kier alpha value is -2.86. The van der Waals surface area contributed by atoms with E-state index in [2.05, 4.69) is 22.4 Å². The van der Waals surface area contributed by atoms with Crippen LogP contribution in [-0.2, 0) is 13.0 Å². The summed E-state index contributed by atoms with van der Waals surface area (Å²) in [4.78, 5) is 28.7. The molecule has 0 bridgehead atoms. The average molecular weight is 420 g/mol. The summed E-state index contributed by atoms with van der Waals surface area (Å²) in [6.07, 6.45) is 2.87. The molecule has 5 rings (SSSR count). The Morgan fingerprint density at radius 2 is 2.03 bits per heavy atom. The highest BCUT2D eigenvalue weighted by molar-refractivity contribution is 5.81. The fourth-order valence-corrected chi connectivity index (χ4v) is 5.81. The third-order valence-electron chi connectivity index (χ3n) is 7.25. The Kier molecular flexibility index (Phi) is 4.97. The van der Waals surface area contributed by atoms with Crippen LogP contribution in [0, 0.1) is 19.8 Å². The lowest BCUT2D eigenvalue weighted by Gasteiger charge is -2.31. The Balaban J connectivity index is 1.40. The molecule has 2 aromatic carbocycles. The van der Waals surface area contributed by atoms with E-state index in [9.17, 15) is 9.59 Å². The molecule has 2 aliphatic rings. The molecular formula is C25H29N3O3. The van der Waals surface area contributed by atoms with Crippen LogP contribution in [0.1, 0.15) is 41.0 Å². The van der Waals surface area contributed by atoms with Crippen LogP contribution in [0.25, 0.3) is 10.9 Å². The van der Waals surface area contributed by atoms with E-state index in [1.165, 1.54) is 15.7 Å². The van der Waals surface area contributed by atoms with Gasteiger partial charge in [0.05, 0.1) is 18.0 Å². The number of fused-ring (bicyclic) bond motifs is 4. The van der Waals surface area contributed by atoms with Crippen molar-refractivity contribution in [3.05, 3.63) is 73.4 Å². The van der Waals surface area contributed by atoms with E-state index >= 15 is 0 Å². The van der Waals surface area contributed by atoms with Gasteiger partial charge in [-0.1, -0.05) is 18.2 Å². The van der Waals surface area contributed by atoms with Crippen molar-refractivity contribution in [3.63, 3.8) is 0 Å². The standard InChI is InChI=1S/C25H29N3O3/c1-14-11-15(2)23-19(12-14)24(29)28(25(30)27-23)10-9-21-17-7-8-18-16(20(17)13-26-21)5-4-6-22(18)31-3/h4-6,11-12,17,20-21,26H,7-10,13H2,1-3H3,(H,27,30)/t17-,20+,21?/m1/s1. The van der Waals surface area contributed by atoms with Gasteiger partial charge in [0.1, 0.15) is 5.75 Å². The Morgan fingerprint density at radius 3 is 2.84 bits per heavy atom. The number of benzene rings is 2. The lowest BCUT2D eigenvalue weighted by atomic mass is 9.74. The Labute approximate surface area is 181 Å². The first-order chi connectivity index (χ1) is 15.0. The first-order valence-electron chi connectivity index (χ1n) is 11.1. The van der Waals surface area contributed by atoms with E-state index in [-0.39, 0.29) is 11.2 Å². The van der Waals surface area contributed by atoms with Crippen molar-refractivity contribution in [3.8, 4) is 5.75 Å². The number of methoxy groups -OCH3 is 1. The minimum absolute atomic E-state index is 0.196. The number of nitrogens with one attached hydrogen (secondary N) is 2. The van der Waals surface area contributed by atoms with Gasteiger partial charge >= 0.3 is 5.69 Å². The molecule has 2 heterocycles. The molecule has 3 atom stereocenters. The van der Waals surface area contributed by atoms with E-state index in [0.29, 0.717) is 35.3 Å². The van der Waals surface area contributed by atoms with Crippen molar-refractivity contribution >= 4 is 10.9 Å². The minimum Gasteiger partial charge on any atom is -0.496 e. The zero-order chi connectivity index (χ0) is 21.7. The van der Waals surface area contributed by atoms with Crippen molar-refractivity contribution in [2.75, 3.05) is 13.7 Å². The minimum atomic E-state index is -0.322. The second kappa shape index (κ2) is 7.68. The second-order valence-electron chi connectivity index (χ2n) is 9.03. The fourth-order valence-electron chi connectivity index (χ4n) is 5.81. The number of aromatic amines is 1. The van der Waals surface area contributed by atoms with Gasteiger partial charge in [0.2, 0.25) is 0 Å². The van der Waals surface area contributed by atoms with Crippen molar-refractivity contribution in [2.24, 2.45) is 5.92 Å². The van der Waals surface area contributed by atoms with Crippen molar-refractivity contribution in [2.45, 2.75) is 51.6 Å². The van der Waals surface area contributed by atoms with Gasteiger partial charge < -0.3 is 15.0 Å². The van der Waals surface area contributed by atoms with Crippen molar-refractivity contribution in [1.29, 1.82) is 0 Å². The van der Waals surface area contributed by atoms with E-state index in [1.54, 1.807) is 7.11 Å². The Morgan fingerprint density at radius 1 is 1.19 bits per heavy atom. The van der Waals surface area contributed by atoms with Gasteiger partial charge in [0.15, 0.2) is 0 Å². The third-order valence-corrected chi connectivity index (χ3v) is 7.25. The van der Waals surface area contributed by atoms with Crippen LogP contribution in [0.2, 0.25) is 0 Å². The molecule has 1 unspecified atom stereocenters. The number of aryl methyl sites for hydroxylation is 2. The zero-order valence-corrected chi connectivity index (χ0v) is 18.3. The topological polar surface area (TPSA) is 76.1 Å². The van der Waals surface area contributed by atoms with E-state index < -0.39 is 0 Å². The lowest BCUT2D eigenvalue weighted by Crippen LogP contribution is -2.38. The summed E-state index contributed by atoms with van der Waals surface area (Å²) in [5.74, 6) is 1.96. The summed E-state index contributed by atoms with van der Waals surface area (Å²) in [5, 5.41) is 4.26. The number of ether oxygens (including phenoxy) is 1. The maximum Gasteiger partial charge on any atom is 0.328 e. The Bertz CT molecular complexity index is 1270. The van der Waals surface area contributed by atoms with Crippen LogP contribution in [-0.4, -0.2) is 29.2 Å². The number of hydrogen-bond donors (Lipinski definition) is 2. The van der Waals surface area contributed by atoms with Gasteiger partial charge in [-0.15, -0.1) is 0 Å². The predicted octanol–water partition coefficient (Wildman–Crippen LogP) is 3.02. The molecule has 0 radical (unpaired) electrons. The van der Waals surface area contributed by atoms with E-state index in [1.807, 2.05) is 32.0 Å². The molecule has 1 aliphatic heterocycles. The smallest absolute Gasteiger partial charge is 0.328 e. The summed E-state index contributed by atoms with van der Waals surface area (Å²) in [5.41, 5.74) is 4.80. The van der Waals surface area contributed by atoms with Crippen LogP contribution < -0.4 is 21.3 Å². The predicted molar refractivity (Wildman–Crippen MR) is 122 cm³/mol. The number of nitrogens with zero attached hydrogens (tertiary/aromatic N) is 1. The zero-order valence-electron chi connectivity index (χ0n) is 18.3. The SMILES string of the molecule is COc1cccc2c1CC[C@H]1C(CCn3c(=O)[nH]c4c(C)cc(C)cc4c3=O)NC[C@@H]21. The first kappa shape index (κ1) is 20.1. The van der Waals surface area contributed by atoms with Gasteiger partial charge in [-0.2, -0.15) is 0 Å². The van der Waals surface area contributed by atoms with Gasteiger partial charge in [-0.05, 0) is 73.4 Å². The quantitative estimate of drug-likeness (QED) is 0.682. The largest absolute Gasteiger partial charge is 0.496 e. The normalized spacial score (nSPS) is 22.4. The maximum atomic E-state index is 13.1. The van der Waals surface area contributed by atoms with E-state index in [4.69, 9.17) is 4.74 Å². The van der Waals surface area contributed by atoms with Crippen LogP contribution in [0.4, 0.5) is 0 Å². The van der Waals surface area contributed by atoms with Crippen molar-refractivity contribution < 1.29 is 4.74 Å². The molecule has 1 aliphatic carbocycles. The maximum absolute atomic E-state index is 13.1. The molecule has 1 aromatic heterocycles. The second-order valence-corrected chi connectivity index (χ2v) is 9.03. The van der Waals surface area contributed by atoms with Crippen LogP contribution in [0.5, 0.6) is 5.75 Å². The van der Waals surface area contributed by atoms with Gasteiger partial charge in [0.25, 0.3) is 5.56 Å². The number of rotatable bonds is 4. The monoisotopic (exact) mass is 419 g/mol. The highest BCUT2D eigenvalue weighted by Gasteiger charge is 2.40. The molecule has 0 spiro atoms. The first-order valence-corrected chi connectivity index (χ1v) is 11.1. The van der Waals surface area contributed by atoms with Crippen molar-refractivity contribution in [1.82, 2.24) is 14.9 Å². The van der Waals surface area contributed by atoms with Gasteiger partial charge in [-0.3, -0.25) is 9.36 Å². The number of H-pyrrole nitrogens is 1. The van der Waals surface area contributed by atoms with Crippen LogP contribution in [0.3, 0.4) is 0 Å². The lowest BCUT2D eigenvalue weighted by molar-refractivity contribution is 0.337. The number of aromatic nitrogens is 2. The molecule has 0 amide bonds. The fraction of sp³-hybridized carbons (Fsp3) is 0.440. The molecular weight excluding hydrogens is 390 g/mol. The molecule has 3 aromatic rings. The third kappa shape index (κ3) is 3.30. The summed E-state index contributed by atoms with van der Waals surface area (Å²) >= 11 is 0. The summed E-state index contributed by atoms with van der Waals surface area (Å²) < 4.78 is 6.95. The highest BCUT2D eigenvalue weighted by Crippen LogP contribution is 2.44. The molecule has 6 nitrogen and oxygen atoms in total.